The molecule has 0 aromatic heterocycles. The molecule has 1 aliphatic carbocycles. The lowest BCUT2D eigenvalue weighted by molar-refractivity contribution is -0.141. The van der Waals surface area contributed by atoms with Crippen LogP contribution in [0.2, 0.25) is 5.02 Å². The molecule has 1 saturated carbocycles. The van der Waals surface area contributed by atoms with Crippen molar-refractivity contribution in [1.82, 2.24) is 5.32 Å². The average molecular weight is 296 g/mol. The van der Waals surface area contributed by atoms with E-state index in [9.17, 15) is 4.79 Å². The van der Waals surface area contributed by atoms with Gasteiger partial charge in [0.1, 0.15) is 5.75 Å². The molecule has 1 heterocycles. The van der Waals surface area contributed by atoms with Crippen LogP contribution in [0.25, 0.3) is 0 Å². The second-order valence-corrected chi connectivity index (χ2v) is 6.14. The molecule has 0 amide bonds. The summed E-state index contributed by atoms with van der Waals surface area (Å²) in [6, 6.07) is 5.71. The number of carboxylic acids is 1. The summed E-state index contributed by atoms with van der Waals surface area (Å²) in [6.07, 6.45) is 3.09. The minimum atomic E-state index is -0.743. The number of hydrogen-bond acceptors (Lipinski definition) is 3. The quantitative estimate of drug-likeness (QED) is 0.877. The minimum absolute atomic E-state index is 0.0399. The SMILES string of the molecule is O=C(O)C1CNC(c2cc(Cl)cc(OCC3CC3)c2)C1. The van der Waals surface area contributed by atoms with Gasteiger partial charge in [-0.25, -0.2) is 0 Å². The highest BCUT2D eigenvalue weighted by atomic mass is 35.5. The third-order valence-electron chi connectivity index (χ3n) is 3.96. The second kappa shape index (κ2) is 5.62. The Morgan fingerprint density at radius 2 is 2.20 bits per heavy atom. The lowest BCUT2D eigenvalue weighted by Gasteiger charge is -2.14. The van der Waals surface area contributed by atoms with Crippen molar-refractivity contribution in [1.29, 1.82) is 0 Å². The van der Waals surface area contributed by atoms with Crippen molar-refractivity contribution in [2.24, 2.45) is 11.8 Å². The van der Waals surface area contributed by atoms with E-state index >= 15 is 0 Å². The van der Waals surface area contributed by atoms with Crippen LogP contribution in [-0.2, 0) is 4.79 Å². The lowest BCUT2D eigenvalue weighted by atomic mass is 10.00. The van der Waals surface area contributed by atoms with Crippen LogP contribution < -0.4 is 10.1 Å². The highest BCUT2D eigenvalue weighted by Crippen LogP contribution is 2.33. The lowest BCUT2D eigenvalue weighted by Crippen LogP contribution is -2.17. The van der Waals surface area contributed by atoms with Gasteiger partial charge >= 0.3 is 5.97 Å². The molecule has 0 spiro atoms. The largest absolute Gasteiger partial charge is 0.493 e. The summed E-state index contributed by atoms with van der Waals surface area (Å²) in [7, 11) is 0. The van der Waals surface area contributed by atoms with Gasteiger partial charge in [-0.3, -0.25) is 4.79 Å². The van der Waals surface area contributed by atoms with Gasteiger partial charge in [-0.15, -0.1) is 0 Å². The fraction of sp³-hybridized carbons (Fsp3) is 0.533. The molecule has 2 unspecified atom stereocenters. The summed E-state index contributed by atoms with van der Waals surface area (Å²) in [5.41, 5.74) is 1.01. The zero-order valence-electron chi connectivity index (χ0n) is 11.1. The third-order valence-corrected chi connectivity index (χ3v) is 4.18. The molecule has 2 atom stereocenters. The first-order chi connectivity index (χ1) is 9.61. The van der Waals surface area contributed by atoms with Crippen LogP contribution >= 0.6 is 11.6 Å². The molecular formula is C15H18ClNO3. The zero-order valence-corrected chi connectivity index (χ0v) is 11.9. The number of aliphatic carboxylic acids is 1. The molecule has 108 valence electrons. The summed E-state index contributed by atoms with van der Waals surface area (Å²) in [5, 5.41) is 12.9. The maximum absolute atomic E-state index is 11.0. The average Bonchev–Trinajstić information content (AvgIpc) is 3.09. The number of ether oxygens (including phenoxy) is 1. The highest BCUT2D eigenvalue weighted by Gasteiger charge is 2.30. The van der Waals surface area contributed by atoms with Gasteiger partial charge in [-0.1, -0.05) is 11.6 Å². The monoisotopic (exact) mass is 295 g/mol. The van der Waals surface area contributed by atoms with Gasteiger partial charge in [-0.05, 0) is 48.9 Å². The van der Waals surface area contributed by atoms with Crippen LogP contribution in [0.5, 0.6) is 5.75 Å². The van der Waals surface area contributed by atoms with E-state index in [-0.39, 0.29) is 12.0 Å². The summed E-state index contributed by atoms with van der Waals surface area (Å²) in [5.74, 6) is 0.403. The van der Waals surface area contributed by atoms with Crippen LogP contribution in [0.15, 0.2) is 18.2 Å². The molecule has 1 saturated heterocycles. The maximum atomic E-state index is 11.0. The highest BCUT2D eigenvalue weighted by molar-refractivity contribution is 6.30. The topological polar surface area (TPSA) is 58.6 Å². The van der Waals surface area contributed by atoms with Crippen molar-refractivity contribution in [2.75, 3.05) is 13.2 Å². The Kier molecular flexibility index (Phi) is 3.85. The van der Waals surface area contributed by atoms with E-state index in [1.54, 1.807) is 0 Å². The van der Waals surface area contributed by atoms with Crippen molar-refractivity contribution in [3.8, 4) is 5.75 Å². The smallest absolute Gasteiger partial charge is 0.307 e. The number of carbonyl (C=O) groups is 1. The van der Waals surface area contributed by atoms with Gasteiger partial charge in [0, 0.05) is 17.6 Å². The Morgan fingerprint density at radius 3 is 2.85 bits per heavy atom. The molecule has 20 heavy (non-hydrogen) atoms. The normalized spacial score (nSPS) is 25.6. The van der Waals surface area contributed by atoms with Crippen LogP contribution in [0.3, 0.4) is 0 Å². The van der Waals surface area contributed by atoms with Crippen LogP contribution in [0.1, 0.15) is 30.9 Å². The predicted octanol–water partition coefficient (Wildman–Crippen LogP) is 2.86. The summed E-state index contributed by atoms with van der Waals surface area (Å²) in [6.45, 7) is 1.25. The molecule has 0 radical (unpaired) electrons. The van der Waals surface area contributed by atoms with E-state index in [1.807, 2.05) is 18.2 Å². The molecular weight excluding hydrogens is 278 g/mol. The Hall–Kier alpha value is -1.26. The Labute approximate surface area is 123 Å². The number of benzene rings is 1. The number of rotatable bonds is 5. The first-order valence-corrected chi connectivity index (χ1v) is 7.39. The molecule has 0 bridgehead atoms. The van der Waals surface area contributed by atoms with E-state index in [1.165, 1.54) is 12.8 Å². The third kappa shape index (κ3) is 3.25. The van der Waals surface area contributed by atoms with Crippen LogP contribution in [0, 0.1) is 11.8 Å². The van der Waals surface area contributed by atoms with Gasteiger partial charge in [-0.2, -0.15) is 0 Å². The Bertz CT molecular complexity index is 516. The van der Waals surface area contributed by atoms with E-state index in [0.29, 0.717) is 23.9 Å². The summed E-state index contributed by atoms with van der Waals surface area (Å²) < 4.78 is 5.76. The van der Waals surface area contributed by atoms with E-state index < -0.39 is 5.97 Å². The van der Waals surface area contributed by atoms with Crippen LogP contribution in [-0.4, -0.2) is 24.2 Å². The van der Waals surface area contributed by atoms with Crippen molar-refractivity contribution >= 4 is 17.6 Å². The van der Waals surface area contributed by atoms with Crippen molar-refractivity contribution in [3.05, 3.63) is 28.8 Å². The molecule has 2 fully saturated rings. The first-order valence-electron chi connectivity index (χ1n) is 7.01. The minimum Gasteiger partial charge on any atom is -0.493 e. The predicted molar refractivity (Wildman–Crippen MR) is 76.2 cm³/mol. The Balaban J connectivity index is 1.70. The van der Waals surface area contributed by atoms with Gasteiger partial charge < -0.3 is 15.2 Å². The fourth-order valence-electron chi connectivity index (χ4n) is 2.55. The molecule has 5 heteroatoms. The molecule has 1 aromatic rings. The number of halogens is 1. The van der Waals surface area contributed by atoms with Crippen molar-refractivity contribution < 1.29 is 14.6 Å². The molecule has 2 N–H and O–H groups in total. The molecule has 1 aliphatic heterocycles. The molecule has 1 aromatic carbocycles. The van der Waals surface area contributed by atoms with Gasteiger partial charge in [0.05, 0.1) is 12.5 Å². The Morgan fingerprint density at radius 1 is 1.40 bits per heavy atom. The van der Waals surface area contributed by atoms with E-state index in [2.05, 4.69) is 5.32 Å². The zero-order chi connectivity index (χ0) is 14.1. The number of nitrogens with one attached hydrogen (secondary N) is 1. The fourth-order valence-corrected chi connectivity index (χ4v) is 2.78. The maximum Gasteiger partial charge on any atom is 0.307 e. The molecule has 3 rings (SSSR count). The van der Waals surface area contributed by atoms with Gasteiger partial charge in [0.2, 0.25) is 0 Å². The van der Waals surface area contributed by atoms with Crippen LogP contribution in [0.4, 0.5) is 0 Å². The van der Waals surface area contributed by atoms with Crippen molar-refractivity contribution in [2.45, 2.75) is 25.3 Å². The number of hydrogen-bond donors (Lipinski definition) is 2. The molecule has 2 aliphatic rings. The van der Waals surface area contributed by atoms with Crippen molar-refractivity contribution in [3.63, 3.8) is 0 Å². The van der Waals surface area contributed by atoms with E-state index in [0.717, 1.165) is 17.9 Å². The molecule has 4 nitrogen and oxygen atoms in total. The first kappa shape index (κ1) is 13.7. The number of carboxylic acid groups (broad SMARTS) is 1. The standard InChI is InChI=1S/C15H18ClNO3/c16-12-3-10(14-5-11(7-17-14)15(18)19)4-13(6-12)20-8-9-1-2-9/h3-4,6,9,11,14,17H,1-2,5,7-8H2,(H,18,19). The van der Waals surface area contributed by atoms with E-state index in [4.69, 9.17) is 21.4 Å². The second-order valence-electron chi connectivity index (χ2n) is 5.71. The summed E-state index contributed by atoms with van der Waals surface area (Å²) in [4.78, 5) is 11.0. The van der Waals surface area contributed by atoms with Gasteiger partial charge in [0.15, 0.2) is 0 Å². The summed E-state index contributed by atoms with van der Waals surface area (Å²) >= 11 is 6.13. The van der Waals surface area contributed by atoms with Gasteiger partial charge in [0.25, 0.3) is 0 Å².